The lowest BCUT2D eigenvalue weighted by atomic mass is 10.1. The number of rotatable bonds is 6. The second kappa shape index (κ2) is 7.36. The Labute approximate surface area is 112 Å². The minimum Gasteiger partial charge on any atom is -0.354 e. The minimum atomic E-state index is -0.445. The average Bonchev–Trinajstić information content (AvgIpc) is 2.33. The molecule has 0 spiro atoms. The van der Waals surface area contributed by atoms with Crippen LogP contribution in [0, 0.1) is 0 Å². The molecule has 1 amide bonds. The van der Waals surface area contributed by atoms with Crippen molar-refractivity contribution >= 4 is 17.5 Å². The summed E-state index contributed by atoms with van der Waals surface area (Å²) >= 11 is 5.78. The molecule has 1 N–H and O–H groups in total. The normalized spacial score (nSPS) is 12.5. The standard InChI is InChI=1S/C13H18ClNO3/c1-9(13(17-2)18-3)15-12(16)8-10-4-6-11(14)7-5-10/h4-7,9,13H,8H2,1-3H3,(H,15,16). The molecule has 0 fully saturated rings. The molecule has 0 heterocycles. The number of methoxy groups -OCH3 is 2. The maximum absolute atomic E-state index is 11.8. The molecule has 0 aliphatic heterocycles. The molecule has 0 aliphatic carbocycles. The van der Waals surface area contributed by atoms with Crippen molar-refractivity contribution in [1.82, 2.24) is 5.32 Å². The summed E-state index contributed by atoms with van der Waals surface area (Å²) in [5.41, 5.74) is 0.912. The van der Waals surface area contributed by atoms with E-state index in [1.165, 1.54) is 14.2 Å². The van der Waals surface area contributed by atoms with E-state index in [1.807, 2.05) is 19.1 Å². The van der Waals surface area contributed by atoms with E-state index in [-0.39, 0.29) is 11.9 Å². The summed E-state index contributed by atoms with van der Waals surface area (Å²) in [6, 6.07) is 6.98. The van der Waals surface area contributed by atoms with E-state index in [4.69, 9.17) is 21.1 Å². The number of carbonyl (C=O) groups excluding carboxylic acids is 1. The van der Waals surface area contributed by atoms with Crippen LogP contribution < -0.4 is 5.32 Å². The third-order valence-corrected chi connectivity index (χ3v) is 2.79. The first-order valence-corrected chi connectivity index (χ1v) is 6.04. The van der Waals surface area contributed by atoms with Crippen LogP contribution in [-0.4, -0.2) is 32.5 Å². The highest BCUT2D eigenvalue weighted by Crippen LogP contribution is 2.10. The topological polar surface area (TPSA) is 47.6 Å². The zero-order valence-electron chi connectivity index (χ0n) is 10.8. The van der Waals surface area contributed by atoms with Gasteiger partial charge in [0.1, 0.15) is 0 Å². The number of benzene rings is 1. The first-order chi connectivity index (χ1) is 8.56. The second-order valence-corrected chi connectivity index (χ2v) is 4.44. The van der Waals surface area contributed by atoms with E-state index >= 15 is 0 Å². The zero-order valence-corrected chi connectivity index (χ0v) is 11.5. The van der Waals surface area contributed by atoms with Crippen LogP contribution in [0.5, 0.6) is 0 Å². The van der Waals surface area contributed by atoms with E-state index in [2.05, 4.69) is 5.32 Å². The molecule has 1 rings (SSSR count). The summed E-state index contributed by atoms with van der Waals surface area (Å²) in [5, 5.41) is 3.48. The molecular weight excluding hydrogens is 254 g/mol. The maximum atomic E-state index is 11.8. The number of hydrogen-bond acceptors (Lipinski definition) is 3. The Morgan fingerprint density at radius 1 is 1.28 bits per heavy atom. The largest absolute Gasteiger partial charge is 0.354 e. The zero-order chi connectivity index (χ0) is 13.5. The smallest absolute Gasteiger partial charge is 0.224 e. The van der Waals surface area contributed by atoms with Crippen LogP contribution in [0.3, 0.4) is 0 Å². The van der Waals surface area contributed by atoms with Gasteiger partial charge in [-0.15, -0.1) is 0 Å². The third kappa shape index (κ3) is 4.64. The van der Waals surface area contributed by atoms with Gasteiger partial charge in [0.2, 0.25) is 5.91 Å². The molecule has 100 valence electrons. The summed E-state index contributed by atoms with van der Waals surface area (Å²) in [7, 11) is 3.08. The SMILES string of the molecule is COC(OC)C(C)NC(=O)Cc1ccc(Cl)cc1. The Hall–Kier alpha value is -1.10. The van der Waals surface area contributed by atoms with Crippen molar-refractivity contribution < 1.29 is 14.3 Å². The van der Waals surface area contributed by atoms with Crippen LogP contribution >= 0.6 is 11.6 Å². The third-order valence-electron chi connectivity index (χ3n) is 2.54. The van der Waals surface area contributed by atoms with Crippen molar-refractivity contribution in [2.24, 2.45) is 0 Å². The van der Waals surface area contributed by atoms with Gasteiger partial charge in [0.25, 0.3) is 0 Å². The van der Waals surface area contributed by atoms with E-state index in [0.29, 0.717) is 11.4 Å². The monoisotopic (exact) mass is 271 g/mol. The lowest BCUT2D eigenvalue weighted by Crippen LogP contribution is -2.43. The predicted octanol–water partition coefficient (Wildman–Crippen LogP) is 2.01. The fraction of sp³-hybridized carbons (Fsp3) is 0.462. The predicted molar refractivity (Wildman–Crippen MR) is 70.6 cm³/mol. The first kappa shape index (κ1) is 15.0. The first-order valence-electron chi connectivity index (χ1n) is 5.66. The van der Waals surface area contributed by atoms with Crippen molar-refractivity contribution in [3.63, 3.8) is 0 Å². The number of nitrogens with one attached hydrogen (secondary N) is 1. The summed E-state index contributed by atoms with van der Waals surface area (Å²) in [4.78, 5) is 11.8. The number of hydrogen-bond donors (Lipinski definition) is 1. The highest BCUT2D eigenvalue weighted by atomic mass is 35.5. The quantitative estimate of drug-likeness (QED) is 0.805. The molecule has 5 heteroatoms. The van der Waals surface area contributed by atoms with E-state index in [9.17, 15) is 4.79 Å². The average molecular weight is 272 g/mol. The van der Waals surface area contributed by atoms with Crippen LogP contribution in [0.4, 0.5) is 0 Å². The van der Waals surface area contributed by atoms with Crippen molar-refractivity contribution in [1.29, 1.82) is 0 Å². The summed E-state index contributed by atoms with van der Waals surface area (Å²) in [6.07, 6.45) is -0.138. The molecule has 0 bridgehead atoms. The van der Waals surface area contributed by atoms with Crippen LogP contribution in [-0.2, 0) is 20.7 Å². The molecule has 1 atom stereocenters. The Bertz CT molecular complexity index is 376. The van der Waals surface area contributed by atoms with Crippen molar-refractivity contribution in [2.45, 2.75) is 25.7 Å². The summed E-state index contributed by atoms with van der Waals surface area (Å²) in [6.45, 7) is 1.83. The van der Waals surface area contributed by atoms with Gasteiger partial charge < -0.3 is 14.8 Å². The van der Waals surface area contributed by atoms with Crippen LogP contribution in [0.1, 0.15) is 12.5 Å². The van der Waals surface area contributed by atoms with Gasteiger partial charge in [-0.2, -0.15) is 0 Å². The van der Waals surface area contributed by atoms with Crippen LogP contribution in [0.25, 0.3) is 0 Å². The number of carbonyl (C=O) groups is 1. The lowest BCUT2D eigenvalue weighted by Gasteiger charge is -2.22. The highest BCUT2D eigenvalue weighted by Gasteiger charge is 2.17. The van der Waals surface area contributed by atoms with Gasteiger partial charge in [0.05, 0.1) is 12.5 Å². The van der Waals surface area contributed by atoms with Gasteiger partial charge in [-0.05, 0) is 24.6 Å². The van der Waals surface area contributed by atoms with Crippen molar-refractivity contribution in [3.8, 4) is 0 Å². The van der Waals surface area contributed by atoms with Gasteiger partial charge in [0.15, 0.2) is 6.29 Å². The molecule has 0 radical (unpaired) electrons. The summed E-state index contributed by atoms with van der Waals surface area (Å²) < 4.78 is 10.1. The number of amides is 1. The molecule has 1 aromatic carbocycles. The lowest BCUT2D eigenvalue weighted by molar-refractivity contribution is -0.135. The molecule has 4 nitrogen and oxygen atoms in total. The van der Waals surface area contributed by atoms with Gasteiger partial charge in [-0.1, -0.05) is 23.7 Å². The maximum Gasteiger partial charge on any atom is 0.224 e. The van der Waals surface area contributed by atoms with E-state index < -0.39 is 6.29 Å². The van der Waals surface area contributed by atoms with Gasteiger partial charge in [0, 0.05) is 19.2 Å². The molecule has 1 unspecified atom stereocenters. The van der Waals surface area contributed by atoms with Crippen LogP contribution in [0.15, 0.2) is 24.3 Å². The van der Waals surface area contributed by atoms with Gasteiger partial charge in [-0.3, -0.25) is 4.79 Å². The van der Waals surface area contributed by atoms with Gasteiger partial charge in [-0.25, -0.2) is 0 Å². The second-order valence-electron chi connectivity index (χ2n) is 4.00. The fourth-order valence-electron chi connectivity index (χ4n) is 1.67. The van der Waals surface area contributed by atoms with E-state index in [0.717, 1.165) is 5.56 Å². The fourth-order valence-corrected chi connectivity index (χ4v) is 1.79. The summed E-state index contributed by atoms with van der Waals surface area (Å²) in [5.74, 6) is -0.0797. The molecule has 0 saturated heterocycles. The molecule has 0 aliphatic rings. The van der Waals surface area contributed by atoms with Crippen molar-refractivity contribution in [3.05, 3.63) is 34.9 Å². The minimum absolute atomic E-state index is 0.0797. The Morgan fingerprint density at radius 2 is 1.83 bits per heavy atom. The number of ether oxygens (including phenoxy) is 2. The number of halogens is 1. The molecular formula is C13H18ClNO3. The van der Waals surface area contributed by atoms with Crippen LogP contribution in [0.2, 0.25) is 5.02 Å². The Kier molecular flexibility index (Phi) is 6.12. The molecule has 0 aromatic heterocycles. The molecule has 1 aromatic rings. The Morgan fingerprint density at radius 3 is 2.33 bits per heavy atom. The highest BCUT2D eigenvalue weighted by molar-refractivity contribution is 6.30. The van der Waals surface area contributed by atoms with Gasteiger partial charge >= 0.3 is 0 Å². The molecule has 18 heavy (non-hydrogen) atoms. The van der Waals surface area contributed by atoms with E-state index in [1.54, 1.807) is 12.1 Å². The Balaban J connectivity index is 2.48. The molecule has 0 saturated carbocycles. The van der Waals surface area contributed by atoms with Crippen molar-refractivity contribution in [2.75, 3.05) is 14.2 Å².